The molecule has 0 saturated carbocycles. The van der Waals surface area contributed by atoms with E-state index in [0.717, 1.165) is 42.4 Å². The molecular weight excluding hydrogens is 260 g/mol. The van der Waals surface area contributed by atoms with Crippen molar-refractivity contribution in [2.24, 2.45) is 11.3 Å². The number of Topliss-reactive ketones (excluding diaryl/α,β-unsaturated/α-hetero) is 1. The molecule has 2 heteroatoms. The summed E-state index contributed by atoms with van der Waals surface area (Å²) in [4.78, 5) is 12.6. The Hall–Kier alpha value is -1.15. The monoisotopic (exact) mass is 288 g/mol. The summed E-state index contributed by atoms with van der Waals surface area (Å²) in [6.45, 7) is 10.5. The Bertz CT molecular complexity index is 494. The van der Waals surface area contributed by atoms with Crippen molar-refractivity contribution >= 4 is 5.78 Å². The lowest BCUT2D eigenvalue weighted by Crippen LogP contribution is -2.33. The van der Waals surface area contributed by atoms with Crippen LogP contribution in [0.15, 0.2) is 35.5 Å². The van der Waals surface area contributed by atoms with E-state index < -0.39 is 6.10 Å². The molecule has 1 N–H and O–H groups in total. The summed E-state index contributed by atoms with van der Waals surface area (Å²) in [5.74, 6) is 0.754. The largest absolute Gasteiger partial charge is 0.389 e. The summed E-state index contributed by atoms with van der Waals surface area (Å²) >= 11 is 0. The van der Waals surface area contributed by atoms with Gasteiger partial charge in [0.15, 0.2) is 5.78 Å². The number of aliphatic hydroxyl groups is 1. The highest BCUT2D eigenvalue weighted by Crippen LogP contribution is 2.45. The van der Waals surface area contributed by atoms with Crippen molar-refractivity contribution in [1.29, 1.82) is 0 Å². The van der Waals surface area contributed by atoms with Gasteiger partial charge in [0.25, 0.3) is 0 Å². The molecule has 2 bridgehead atoms. The number of ketones is 1. The second kappa shape index (κ2) is 6.31. The van der Waals surface area contributed by atoms with Crippen molar-refractivity contribution in [1.82, 2.24) is 0 Å². The Labute approximate surface area is 128 Å². The molecule has 2 rings (SSSR count). The van der Waals surface area contributed by atoms with Gasteiger partial charge in [0.05, 0.1) is 6.10 Å². The van der Waals surface area contributed by atoms with Gasteiger partial charge in [-0.25, -0.2) is 0 Å². The number of hydrogen-bond donors (Lipinski definition) is 1. The first-order valence-electron chi connectivity index (χ1n) is 8.06. The maximum Gasteiger partial charge on any atom is 0.163 e. The molecule has 0 amide bonds. The molecule has 2 atom stereocenters. The predicted octanol–water partition coefficient (Wildman–Crippen LogP) is 4.36. The van der Waals surface area contributed by atoms with Crippen molar-refractivity contribution < 1.29 is 9.90 Å². The SMILES string of the molecule is C=C1CCC2CCC=C(C(=O)CC(C)=CC(O)C1)C2(C)C. The summed E-state index contributed by atoms with van der Waals surface area (Å²) in [5.41, 5.74) is 3.02. The average molecular weight is 288 g/mol. The number of allylic oxidation sites excluding steroid dienone is 3. The smallest absolute Gasteiger partial charge is 0.163 e. The van der Waals surface area contributed by atoms with Crippen LogP contribution in [0.3, 0.4) is 0 Å². The summed E-state index contributed by atoms with van der Waals surface area (Å²) in [6, 6.07) is 0. The highest BCUT2D eigenvalue weighted by Gasteiger charge is 2.38. The van der Waals surface area contributed by atoms with E-state index >= 15 is 0 Å². The third kappa shape index (κ3) is 3.74. The lowest BCUT2D eigenvalue weighted by Gasteiger charge is -2.40. The van der Waals surface area contributed by atoms with Gasteiger partial charge in [-0.1, -0.05) is 43.7 Å². The second-order valence-electron chi connectivity index (χ2n) is 7.29. The van der Waals surface area contributed by atoms with Crippen LogP contribution in [0, 0.1) is 11.3 Å². The molecule has 0 spiro atoms. The lowest BCUT2D eigenvalue weighted by molar-refractivity contribution is -0.116. The van der Waals surface area contributed by atoms with E-state index in [1.807, 2.05) is 13.0 Å². The average Bonchev–Trinajstić information content (AvgIpc) is 2.34. The van der Waals surface area contributed by atoms with Gasteiger partial charge in [0, 0.05) is 6.42 Å². The van der Waals surface area contributed by atoms with Gasteiger partial charge in [-0.05, 0) is 55.9 Å². The third-order valence-corrected chi connectivity index (χ3v) is 5.14. The van der Waals surface area contributed by atoms with Gasteiger partial charge >= 0.3 is 0 Å². The van der Waals surface area contributed by atoms with Crippen LogP contribution in [0.1, 0.15) is 59.3 Å². The van der Waals surface area contributed by atoms with Crippen LogP contribution in [-0.4, -0.2) is 17.0 Å². The lowest BCUT2D eigenvalue weighted by atomic mass is 9.64. The molecule has 0 saturated heterocycles. The minimum Gasteiger partial charge on any atom is -0.389 e. The van der Waals surface area contributed by atoms with Gasteiger partial charge in [0.2, 0.25) is 0 Å². The zero-order valence-corrected chi connectivity index (χ0v) is 13.6. The molecule has 2 aliphatic carbocycles. The van der Waals surface area contributed by atoms with E-state index in [1.54, 1.807) is 0 Å². The third-order valence-electron chi connectivity index (χ3n) is 5.14. The number of rotatable bonds is 0. The summed E-state index contributed by atoms with van der Waals surface area (Å²) < 4.78 is 0. The van der Waals surface area contributed by atoms with Crippen molar-refractivity contribution in [3.05, 3.63) is 35.5 Å². The molecule has 2 nitrogen and oxygen atoms in total. The Morgan fingerprint density at radius 2 is 2.05 bits per heavy atom. The van der Waals surface area contributed by atoms with Gasteiger partial charge in [0.1, 0.15) is 0 Å². The van der Waals surface area contributed by atoms with Crippen LogP contribution in [0.5, 0.6) is 0 Å². The molecule has 2 unspecified atom stereocenters. The molecule has 0 aromatic carbocycles. The second-order valence-corrected chi connectivity index (χ2v) is 7.29. The topological polar surface area (TPSA) is 37.3 Å². The predicted molar refractivity (Wildman–Crippen MR) is 87.0 cm³/mol. The minimum absolute atomic E-state index is 0.0479. The normalized spacial score (nSPS) is 30.9. The van der Waals surface area contributed by atoms with Crippen LogP contribution in [0.2, 0.25) is 0 Å². The molecule has 0 aliphatic heterocycles. The van der Waals surface area contributed by atoms with Crippen LogP contribution < -0.4 is 0 Å². The molecule has 0 radical (unpaired) electrons. The summed E-state index contributed by atoms with van der Waals surface area (Å²) in [7, 11) is 0. The molecular formula is C19H28O2. The highest BCUT2D eigenvalue weighted by molar-refractivity contribution is 5.98. The zero-order chi connectivity index (χ0) is 15.6. The van der Waals surface area contributed by atoms with Crippen LogP contribution in [-0.2, 0) is 4.79 Å². The highest BCUT2D eigenvalue weighted by atomic mass is 16.3. The van der Waals surface area contributed by atoms with E-state index in [-0.39, 0.29) is 11.2 Å². The van der Waals surface area contributed by atoms with E-state index in [0.29, 0.717) is 18.8 Å². The first-order chi connectivity index (χ1) is 9.80. The first-order valence-corrected chi connectivity index (χ1v) is 8.06. The fourth-order valence-corrected chi connectivity index (χ4v) is 3.82. The van der Waals surface area contributed by atoms with Crippen molar-refractivity contribution in [2.45, 2.75) is 65.4 Å². The molecule has 0 heterocycles. The fourth-order valence-electron chi connectivity index (χ4n) is 3.82. The summed E-state index contributed by atoms with van der Waals surface area (Å²) in [6.07, 6.45) is 8.65. The molecule has 0 aromatic heterocycles. The fraction of sp³-hybridized carbons (Fsp3) is 0.632. The van der Waals surface area contributed by atoms with Crippen molar-refractivity contribution in [3.8, 4) is 0 Å². The zero-order valence-electron chi connectivity index (χ0n) is 13.6. The van der Waals surface area contributed by atoms with Gasteiger partial charge < -0.3 is 5.11 Å². The van der Waals surface area contributed by atoms with E-state index in [1.165, 1.54) is 0 Å². The maximum absolute atomic E-state index is 12.6. The molecule has 2 aliphatic rings. The van der Waals surface area contributed by atoms with Gasteiger partial charge in [-0.3, -0.25) is 4.79 Å². The van der Waals surface area contributed by atoms with E-state index in [2.05, 4.69) is 26.5 Å². The number of aliphatic hydroxyl groups excluding tert-OH is 1. The van der Waals surface area contributed by atoms with Crippen LogP contribution >= 0.6 is 0 Å². The number of carbonyl (C=O) groups excluding carboxylic acids is 1. The van der Waals surface area contributed by atoms with E-state index in [4.69, 9.17) is 0 Å². The Morgan fingerprint density at radius 3 is 2.76 bits per heavy atom. The van der Waals surface area contributed by atoms with E-state index in [9.17, 15) is 9.90 Å². The molecule has 116 valence electrons. The molecule has 0 fully saturated rings. The first kappa shape index (κ1) is 16.2. The maximum atomic E-state index is 12.6. The number of fused-ring (bicyclic) bond motifs is 2. The number of hydrogen-bond acceptors (Lipinski definition) is 2. The standard InChI is InChI=1S/C19H28O2/c1-13-8-9-15-6-5-7-17(19(15,3)4)18(21)12-14(2)11-16(20)10-13/h7,11,15-16,20H,1,5-6,8-10,12H2,2-4H3. The van der Waals surface area contributed by atoms with Gasteiger partial charge in [-0.2, -0.15) is 0 Å². The quantitative estimate of drug-likeness (QED) is 0.673. The Kier molecular flexibility index (Phi) is 4.88. The van der Waals surface area contributed by atoms with Crippen LogP contribution in [0.4, 0.5) is 0 Å². The molecule has 21 heavy (non-hydrogen) atoms. The Balaban J connectivity index is 2.34. The number of carbonyl (C=O) groups is 1. The minimum atomic E-state index is -0.508. The van der Waals surface area contributed by atoms with Crippen molar-refractivity contribution in [3.63, 3.8) is 0 Å². The summed E-state index contributed by atoms with van der Waals surface area (Å²) in [5, 5.41) is 10.1. The van der Waals surface area contributed by atoms with Gasteiger partial charge in [-0.15, -0.1) is 0 Å². The molecule has 0 aromatic rings. The van der Waals surface area contributed by atoms with Crippen molar-refractivity contribution in [2.75, 3.05) is 0 Å². The Morgan fingerprint density at radius 1 is 1.33 bits per heavy atom. The van der Waals surface area contributed by atoms with Crippen LogP contribution in [0.25, 0.3) is 0 Å².